The van der Waals surface area contributed by atoms with Gasteiger partial charge in [-0.1, -0.05) is 6.07 Å². The molecule has 0 N–H and O–H groups in total. The third-order valence-corrected chi connectivity index (χ3v) is 4.37. The largest absolute Gasteiger partial charge is 0.339 e. The molecule has 0 aromatic heterocycles. The number of Topliss-reactive ketones (excluding diaryl/α,β-unsaturated/α-hetero) is 1. The minimum absolute atomic E-state index is 0.0559. The molecule has 0 bridgehead atoms. The molecular formula is C14H15BrFNO2. The van der Waals surface area contributed by atoms with Crippen LogP contribution < -0.4 is 0 Å². The van der Waals surface area contributed by atoms with Gasteiger partial charge in [-0.2, -0.15) is 0 Å². The van der Waals surface area contributed by atoms with Crippen LogP contribution in [0.15, 0.2) is 22.7 Å². The van der Waals surface area contributed by atoms with E-state index in [1.807, 2.05) is 0 Å². The van der Waals surface area contributed by atoms with Crippen LogP contribution in [-0.4, -0.2) is 29.7 Å². The van der Waals surface area contributed by atoms with Gasteiger partial charge >= 0.3 is 0 Å². The smallest absolute Gasteiger partial charge is 0.255 e. The second kappa shape index (κ2) is 5.82. The Hall–Kier alpha value is -1.23. The van der Waals surface area contributed by atoms with Crippen molar-refractivity contribution in [3.8, 4) is 0 Å². The monoisotopic (exact) mass is 327 g/mol. The first-order chi connectivity index (χ1) is 9.00. The van der Waals surface area contributed by atoms with E-state index in [1.54, 1.807) is 18.0 Å². The van der Waals surface area contributed by atoms with Gasteiger partial charge in [-0.25, -0.2) is 4.39 Å². The van der Waals surface area contributed by atoms with Crippen molar-refractivity contribution in [2.75, 3.05) is 7.05 Å². The van der Waals surface area contributed by atoms with Gasteiger partial charge in [-0.3, -0.25) is 9.59 Å². The van der Waals surface area contributed by atoms with E-state index >= 15 is 0 Å². The molecule has 0 heterocycles. The number of carbonyl (C=O) groups is 2. The Balaban J connectivity index is 2.15. The van der Waals surface area contributed by atoms with E-state index in [-0.39, 0.29) is 22.2 Å². The Bertz CT molecular complexity index is 508. The molecule has 1 aliphatic carbocycles. The molecule has 0 atom stereocenters. The molecule has 102 valence electrons. The maximum absolute atomic E-state index is 13.4. The van der Waals surface area contributed by atoms with Gasteiger partial charge in [0, 0.05) is 25.9 Å². The zero-order valence-electron chi connectivity index (χ0n) is 10.7. The van der Waals surface area contributed by atoms with Crippen LogP contribution in [0, 0.1) is 5.82 Å². The van der Waals surface area contributed by atoms with Gasteiger partial charge in [0.05, 0.1) is 10.0 Å². The summed E-state index contributed by atoms with van der Waals surface area (Å²) in [5, 5.41) is 0. The third-order valence-electron chi connectivity index (χ3n) is 3.56. The lowest BCUT2D eigenvalue weighted by Crippen LogP contribution is -2.39. The number of nitrogens with zero attached hydrogens (tertiary/aromatic N) is 1. The topological polar surface area (TPSA) is 37.4 Å². The fourth-order valence-corrected chi connectivity index (χ4v) is 2.77. The molecule has 0 unspecified atom stereocenters. The minimum atomic E-state index is -0.446. The van der Waals surface area contributed by atoms with Crippen molar-refractivity contribution in [3.05, 3.63) is 34.1 Å². The van der Waals surface area contributed by atoms with E-state index in [4.69, 9.17) is 0 Å². The number of hydrogen-bond acceptors (Lipinski definition) is 2. The van der Waals surface area contributed by atoms with Crippen LogP contribution in [0.1, 0.15) is 36.0 Å². The molecule has 1 aromatic rings. The molecular weight excluding hydrogens is 313 g/mol. The lowest BCUT2D eigenvalue weighted by molar-refractivity contribution is -0.121. The number of halogens is 2. The summed E-state index contributed by atoms with van der Waals surface area (Å²) in [5.41, 5.74) is 0.319. The molecule has 0 aliphatic heterocycles. The van der Waals surface area contributed by atoms with Crippen LogP contribution in [0.25, 0.3) is 0 Å². The maximum Gasteiger partial charge on any atom is 0.255 e. The van der Waals surface area contributed by atoms with Crippen molar-refractivity contribution in [1.82, 2.24) is 4.90 Å². The van der Waals surface area contributed by atoms with E-state index in [2.05, 4.69) is 15.9 Å². The third kappa shape index (κ3) is 3.03. The van der Waals surface area contributed by atoms with Crippen molar-refractivity contribution in [2.24, 2.45) is 0 Å². The van der Waals surface area contributed by atoms with Gasteiger partial charge in [0.1, 0.15) is 11.6 Å². The quantitative estimate of drug-likeness (QED) is 0.836. The number of hydrogen-bond donors (Lipinski definition) is 0. The highest BCUT2D eigenvalue weighted by molar-refractivity contribution is 9.10. The average Bonchev–Trinajstić information content (AvgIpc) is 2.41. The molecule has 5 heteroatoms. The summed E-state index contributed by atoms with van der Waals surface area (Å²) in [7, 11) is 1.71. The van der Waals surface area contributed by atoms with E-state index in [0.717, 1.165) is 0 Å². The summed E-state index contributed by atoms with van der Waals surface area (Å²) in [6.07, 6.45) is 2.42. The number of benzene rings is 1. The Morgan fingerprint density at radius 2 is 2.00 bits per heavy atom. The van der Waals surface area contributed by atoms with E-state index in [1.165, 1.54) is 12.1 Å². The minimum Gasteiger partial charge on any atom is -0.339 e. The van der Waals surface area contributed by atoms with Gasteiger partial charge < -0.3 is 4.90 Å². The predicted molar refractivity (Wildman–Crippen MR) is 73.5 cm³/mol. The number of amides is 1. The lowest BCUT2D eigenvalue weighted by Gasteiger charge is -2.31. The van der Waals surface area contributed by atoms with Gasteiger partial charge in [0.25, 0.3) is 5.91 Å². The van der Waals surface area contributed by atoms with Crippen LogP contribution in [0.2, 0.25) is 0 Å². The molecule has 3 nitrogen and oxygen atoms in total. The summed E-state index contributed by atoms with van der Waals surface area (Å²) in [6.45, 7) is 0. The van der Waals surface area contributed by atoms with E-state index in [0.29, 0.717) is 31.2 Å². The Kier molecular flexibility index (Phi) is 4.34. The molecule has 1 aromatic carbocycles. The zero-order valence-corrected chi connectivity index (χ0v) is 12.2. The highest BCUT2D eigenvalue weighted by Gasteiger charge is 2.27. The highest BCUT2D eigenvalue weighted by Crippen LogP contribution is 2.25. The first kappa shape index (κ1) is 14.2. The van der Waals surface area contributed by atoms with Crippen LogP contribution in [0.3, 0.4) is 0 Å². The molecule has 1 aliphatic rings. The Morgan fingerprint density at radius 3 is 2.63 bits per heavy atom. The fraction of sp³-hybridized carbons (Fsp3) is 0.429. The molecule has 2 rings (SSSR count). The standard InChI is InChI=1S/C14H15BrFNO2/c1-17(9-5-7-10(18)8-6-9)14(19)11-3-2-4-12(16)13(11)15/h2-4,9H,5-8H2,1H3. The van der Waals surface area contributed by atoms with Gasteiger partial charge in [0.2, 0.25) is 0 Å². The summed E-state index contributed by atoms with van der Waals surface area (Å²) in [5.74, 6) is -0.409. The predicted octanol–water partition coefficient (Wildman–Crippen LogP) is 3.17. The van der Waals surface area contributed by atoms with Crippen molar-refractivity contribution >= 4 is 27.6 Å². The number of rotatable bonds is 2. The summed E-state index contributed by atoms with van der Waals surface area (Å²) >= 11 is 3.11. The van der Waals surface area contributed by atoms with Crippen molar-refractivity contribution in [1.29, 1.82) is 0 Å². The van der Waals surface area contributed by atoms with Crippen LogP contribution in [0.5, 0.6) is 0 Å². The number of carbonyl (C=O) groups excluding carboxylic acids is 2. The SMILES string of the molecule is CN(C(=O)c1cccc(F)c1Br)C1CCC(=O)CC1. The van der Waals surface area contributed by atoms with Crippen molar-refractivity contribution < 1.29 is 14.0 Å². The van der Waals surface area contributed by atoms with Gasteiger partial charge in [-0.15, -0.1) is 0 Å². The van der Waals surface area contributed by atoms with Crippen molar-refractivity contribution in [3.63, 3.8) is 0 Å². The van der Waals surface area contributed by atoms with Crippen LogP contribution in [-0.2, 0) is 4.79 Å². The van der Waals surface area contributed by atoms with Crippen LogP contribution in [0.4, 0.5) is 4.39 Å². The Morgan fingerprint density at radius 1 is 1.37 bits per heavy atom. The molecule has 19 heavy (non-hydrogen) atoms. The average molecular weight is 328 g/mol. The first-order valence-electron chi connectivity index (χ1n) is 6.23. The van der Waals surface area contributed by atoms with E-state index < -0.39 is 5.82 Å². The second-order valence-corrected chi connectivity index (χ2v) is 5.58. The van der Waals surface area contributed by atoms with Gasteiger partial charge in [0.15, 0.2) is 0 Å². The first-order valence-corrected chi connectivity index (χ1v) is 7.03. The molecule has 0 radical (unpaired) electrons. The number of ketones is 1. The van der Waals surface area contributed by atoms with E-state index in [9.17, 15) is 14.0 Å². The van der Waals surface area contributed by atoms with Gasteiger partial charge in [-0.05, 0) is 40.9 Å². The molecule has 1 fully saturated rings. The normalized spacial score (nSPS) is 16.5. The lowest BCUT2D eigenvalue weighted by atomic mass is 9.93. The van der Waals surface area contributed by atoms with Crippen LogP contribution >= 0.6 is 15.9 Å². The zero-order chi connectivity index (χ0) is 14.0. The molecule has 1 saturated carbocycles. The second-order valence-electron chi connectivity index (χ2n) is 4.79. The molecule has 1 amide bonds. The Labute approximate surface area is 119 Å². The molecule has 0 spiro atoms. The maximum atomic E-state index is 13.4. The molecule has 0 saturated heterocycles. The highest BCUT2D eigenvalue weighted by atomic mass is 79.9. The van der Waals surface area contributed by atoms with Crippen molar-refractivity contribution in [2.45, 2.75) is 31.7 Å². The summed E-state index contributed by atoms with van der Waals surface area (Å²) in [6, 6.07) is 4.48. The fourth-order valence-electron chi connectivity index (χ4n) is 2.34. The summed E-state index contributed by atoms with van der Waals surface area (Å²) < 4.78 is 13.6. The summed E-state index contributed by atoms with van der Waals surface area (Å²) in [4.78, 5) is 25.2.